The maximum Gasteiger partial charge on any atom is 0.315 e. The van der Waals surface area contributed by atoms with Crippen molar-refractivity contribution in [3.63, 3.8) is 0 Å². The van der Waals surface area contributed by atoms with Gasteiger partial charge in [-0.25, -0.2) is 9.78 Å². The average Bonchev–Trinajstić information content (AvgIpc) is 2.69. The summed E-state index contributed by atoms with van der Waals surface area (Å²) >= 11 is 0. The number of aromatic nitrogens is 1. The Morgan fingerprint density at radius 3 is 2.57 bits per heavy atom. The summed E-state index contributed by atoms with van der Waals surface area (Å²) in [5.74, 6) is 0.927. The molecule has 28 heavy (non-hydrogen) atoms. The zero-order valence-corrected chi connectivity index (χ0v) is 17.3. The van der Waals surface area contributed by atoms with Gasteiger partial charge in [0.2, 0.25) is 0 Å². The molecule has 0 aliphatic heterocycles. The van der Waals surface area contributed by atoms with Crippen LogP contribution in [0.15, 0.2) is 30.3 Å². The number of anilines is 2. The van der Waals surface area contributed by atoms with Gasteiger partial charge in [0.05, 0.1) is 5.52 Å². The lowest BCUT2D eigenvalue weighted by Gasteiger charge is -2.30. The van der Waals surface area contributed by atoms with E-state index in [9.17, 15) is 4.79 Å². The second-order valence-electron chi connectivity index (χ2n) is 7.88. The van der Waals surface area contributed by atoms with Gasteiger partial charge in [0.15, 0.2) is 0 Å². The van der Waals surface area contributed by atoms with Crippen LogP contribution < -0.4 is 20.9 Å². The summed E-state index contributed by atoms with van der Waals surface area (Å²) in [5, 5.41) is 10.8. The third-order valence-electron chi connectivity index (χ3n) is 5.41. The molecule has 0 unspecified atom stereocenters. The number of fused-ring (bicyclic) bond motifs is 1. The fourth-order valence-corrected chi connectivity index (χ4v) is 3.81. The van der Waals surface area contributed by atoms with Crippen molar-refractivity contribution in [2.75, 3.05) is 30.9 Å². The Balaban J connectivity index is 1.55. The highest BCUT2D eigenvalue weighted by Crippen LogP contribution is 2.29. The predicted molar refractivity (Wildman–Crippen MR) is 117 cm³/mol. The van der Waals surface area contributed by atoms with E-state index in [-0.39, 0.29) is 12.1 Å². The first-order valence-electron chi connectivity index (χ1n) is 10.4. The van der Waals surface area contributed by atoms with E-state index in [1.807, 2.05) is 6.07 Å². The highest BCUT2D eigenvalue weighted by atomic mass is 16.2. The molecule has 3 rings (SSSR count). The van der Waals surface area contributed by atoms with Gasteiger partial charge in [-0.1, -0.05) is 31.5 Å². The molecule has 0 atom stereocenters. The van der Waals surface area contributed by atoms with E-state index < -0.39 is 0 Å². The van der Waals surface area contributed by atoms with Crippen molar-refractivity contribution < 1.29 is 4.79 Å². The molecule has 3 N–H and O–H groups in total. The van der Waals surface area contributed by atoms with E-state index >= 15 is 0 Å². The highest BCUT2D eigenvalue weighted by molar-refractivity contribution is 5.93. The Kier molecular flexibility index (Phi) is 6.95. The molecule has 1 aliphatic carbocycles. The number of unbranched alkanes of at least 4 members (excludes halogenated alkanes) is 1. The van der Waals surface area contributed by atoms with Gasteiger partial charge in [-0.2, -0.15) is 0 Å². The maximum atomic E-state index is 11.9. The molecule has 6 heteroatoms. The lowest BCUT2D eigenvalue weighted by molar-refractivity contribution is 0.231. The van der Waals surface area contributed by atoms with Crippen molar-refractivity contribution in [3.05, 3.63) is 30.3 Å². The number of pyridine rings is 1. The number of carbonyl (C=O) groups excluding carboxylic acids is 1. The number of rotatable bonds is 7. The Morgan fingerprint density at radius 1 is 1.14 bits per heavy atom. The molecular formula is C22H33N5O. The van der Waals surface area contributed by atoms with E-state index in [1.54, 1.807) is 0 Å². The van der Waals surface area contributed by atoms with Crippen molar-refractivity contribution in [1.29, 1.82) is 0 Å². The molecule has 6 nitrogen and oxygen atoms in total. The Bertz CT molecular complexity index is 784. The molecule has 1 heterocycles. The normalized spacial score (nSPS) is 19.2. The van der Waals surface area contributed by atoms with Gasteiger partial charge in [-0.15, -0.1) is 0 Å². The van der Waals surface area contributed by atoms with Crippen LogP contribution in [0.3, 0.4) is 0 Å². The molecule has 1 fully saturated rings. The molecular weight excluding hydrogens is 350 g/mol. The van der Waals surface area contributed by atoms with Crippen LogP contribution in [-0.4, -0.2) is 43.7 Å². The first kappa shape index (κ1) is 20.2. The smallest absolute Gasteiger partial charge is 0.315 e. The molecule has 1 aromatic heterocycles. The SMILES string of the molecule is CCCCNC(=O)NC1CCC(Nc2cc(N(C)C)c3ccccc3n2)CC1. The minimum absolute atomic E-state index is 0.0309. The quantitative estimate of drug-likeness (QED) is 0.629. The Morgan fingerprint density at radius 2 is 1.86 bits per heavy atom. The summed E-state index contributed by atoms with van der Waals surface area (Å²) in [7, 11) is 4.13. The molecule has 0 bridgehead atoms. The van der Waals surface area contributed by atoms with E-state index in [1.165, 1.54) is 11.1 Å². The number of hydrogen-bond donors (Lipinski definition) is 3. The van der Waals surface area contributed by atoms with Gasteiger partial charge in [0.1, 0.15) is 5.82 Å². The molecule has 0 radical (unpaired) electrons. The predicted octanol–water partition coefficient (Wildman–Crippen LogP) is 4.12. The van der Waals surface area contributed by atoms with Gasteiger partial charge < -0.3 is 20.9 Å². The number of nitrogens with one attached hydrogen (secondary N) is 3. The van der Waals surface area contributed by atoms with Crippen LogP contribution in [0.2, 0.25) is 0 Å². The van der Waals surface area contributed by atoms with Gasteiger partial charge >= 0.3 is 6.03 Å². The minimum atomic E-state index is -0.0309. The van der Waals surface area contributed by atoms with Crippen LogP contribution in [0.4, 0.5) is 16.3 Å². The topological polar surface area (TPSA) is 69.3 Å². The van der Waals surface area contributed by atoms with Gasteiger partial charge in [-0.3, -0.25) is 0 Å². The fourth-order valence-electron chi connectivity index (χ4n) is 3.81. The zero-order chi connectivity index (χ0) is 19.9. The van der Waals surface area contributed by atoms with Crippen LogP contribution in [0, 0.1) is 0 Å². The molecule has 1 saturated carbocycles. The summed E-state index contributed by atoms with van der Waals surface area (Å²) < 4.78 is 0. The number of urea groups is 1. The summed E-state index contributed by atoms with van der Waals surface area (Å²) in [4.78, 5) is 18.9. The van der Waals surface area contributed by atoms with Crippen molar-refractivity contribution in [1.82, 2.24) is 15.6 Å². The fraction of sp³-hybridized carbons (Fsp3) is 0.545. The van der Waals surface area contributed by atoms with Crippen LogP contribution in [0.5, 0.6) is 0 Å². The Hall–Kier alpha value is -2.50. The van der Waals surface area contributed by atoms with Crippen LogP contribution in [0.25, 0.3) is 10.9 Å². The van der Waals surface area contributed by atoms with Crippen LogP contribution >= 0.6 is 0 Å². The third-order valence-corrected chi connectivity index (χ3v) is 5.41. The summed E-state index contributed by atoms with van der Waals surface area (Å²) in [6.45, 7) is 2.88. The Labute approximate surface area is 168 Å². The maximum absolute atomic E-state index is 11.9. The molecule has 152 valence electrons. The van der Waals surface area contributed by atoms with Crippen molar-refractivity contribution in [2.45, 2.75) is 57.5 Å². The van der Waals surface area contributed by atoms with E-state index in [0.29, 0.717) is 6.04 Å². The van der Waals surface area contributed by atoms with Gasteiger partial charge in [0.25, 0.3) is 0 Å². The van der Waals surface area contributed by atoms with E-state index in [2.05, 4.69) is 66.1 Å². The number of nitrogens with zero attached hydrogens (tertiary/aromatic N) is 2. The second kappa shape index (κ2) is 9.62. The number of amides is 2. The van der Waals surface area contributed by atoms with Gasteiger partial charge in [-0.05, 0) is 38.2 Å². The lowest BCUT2D eigenvalue weighted by Crippen LogP contribution is -2.45. The summed E-state index contributed by atoms with van der Waals surface area (Å²) in [6, 6.07) is 11.0. The number of benzene rings is 1. The van der Waals surface area contributed by atoms with Crippen molar-refractivity contribution in [2.24, 2.45) is 0 Å². The lowest BCUT2D eigenvalue weighted by atomic mass is 9.91. The van der Waals surface area contributed by atoms with E-state index in [0.717, 1.165) is 56.4 Å². The molecule has 2 amide bonds. The largest absolute Gasteiger partial charge is 0.377 e. The molecule has 1 aromatic carbocycles. The molecule has 0 saturated heterocycles. The van der Waals surface area contributed by atoms with E-state index in [4.69, 9.17) is 4.98 Å². The summed E-state index contributed by atoms with van der Waals surface area (Å²) in [6.07, 6.45) is 6.17. The van der Waals surface area contributed by atoms with Crippen LogP contribution in [-0.2, 0) is 0 Å². The minimum Gasteiger partial charge on any atom is -0.377 e. The zero-order valence-electron chi connectivity index (χ0n) is 17.3. The second-order valence-corrected chi connectivity index (χ2v) is 7.88. The molecule has 0 spiro atoms. The standard InChI is InChI=1S/C22H33N5O/c1-4-5-14-23-22(28)25-17-12-10-16(11-13-17)24-21-15-20(27(2)3)18-8-6-7-9-19(18)26-21/h6-9,15-17H,4-5,10-14H2,1-3H3,(H,24,26)(H2,23,25,28). The highest BCUT2D eigenvalue weighted by Gasteiger charge is 2.23. The first-order chi connectivity index (χ1) is 13.6. The molecule has 2 aromatic rings. The number of carbonyl (C=O) groups is 1. The third kappa shape index (κ3) is 5.27. The summed E-state index contributed by atoms with van der Waals surface area (Å²) in [5.41, 5.74) is 2.18. The van der Waals surface area contributed by atoms with Crippen LogP contribution in [0.1, 0.15) is 45.4 Å². The first-order valence-corrected chi connectivity index (χ1v) is 10.4. The monoisotopic (exact) mass is 383 g/mol. The van der Waals surface area contributed by atoms with Crippen molar-refractivity contribution in [3.8, 4) is 0 Å². The molecule has 1 aliphatic rings. The van der Waals surface area contributed by atoms with Crippen molar-refractivity contribution >= 4 is 28.4 Å². The average molecular weight is 384 g/mol. The number of para-hydroxylation sites is 1. The number of hydrogen-bond acceptors (Lipinski definition) is 4. The van der Waals surface area contributed by atoms with Gasteiger partial charge in [0, 0.05) is 49.9 Å².